The van der Waals surface area contributed by atoms with Gasteiger partial charge >= 0.3 is 0 Å². The third kappa shape index (κ3) is 6.92. The van der Waals surface area contributed by atoms with Crippen molar-refractivity contribution in [1.29, 1.82) is 0 Å². The number of hydrogen-bond donors (Lipinski definition) is 1. The fraction of sp³-hybridized carbons (Fsp3) is 0.600. The van der Waals surface area contributed by atoms with Crippen LogP contribution in [0.1, 0.15) is 19.4 Å². The number of nitrogens with zero attached hydrogens (tertiary/aromatic N) is 1. The summed E-state index contributed by atoms with van der Waals surface area (Å²) in [6, 6.07) is 7.59. The summed E-state index contributed by atoms with van der Waals surface area (Å²) < 4.78 is 5.51. The summed E-state index contributed by atoms with van der Waals surface area (Å²) in [7, 11) is 2.01. The van der Waals surface area contributed by atoms with Gasteiger partial charge in [0.25, 0.3) is 0 Å². The monoisotopic (exact) mass is 285 g/mol. The maximum absolute atomic E-state index is 9.88. The first kappa shape index (κ1) is 16.4. The van der Waals surface area contributed by atoms with Crippen LogP contribution in [0.15, 0.2) is 24.3 Å². The normalized spacial score (nSPS) is 13.2. The van der Waals surface area contributed by atoms with Crippen LogP contribution >= 0.6 is 11.6 Å². The molecule has 0 spiro atoms. The maximum atomic E-state index is 9.88. The van der Waals surface area contributed by atoms with Crippen molar-refractivity contribution in [2.24, 2.45) is 5.92 Å². The second kappa shape index (κ2) is 8.54. The molecule has 19 heavy (non-hydrogen) atoms. The van der Waals surface area contributed by atoms with Crippen LogP contribution in [0.3, 0.4) is 0 Å². The summed E-state index contributed by atoms with van der Waals surface area (Å²) in [5.41, 5.74) is 0.951. The fourth-order valence-corrected chi connectivity index (χ4v) is 2.22. The Bertz CT molecular complexity index is 371. The van der Waals surface area contributed by atoms with Crippen LogP contribution in [0.5, 0.6) is 0 Å². The summed E-state index contributed by atoms with van der Waals surface area (Å²) >= 11 is 6.03. The van der Waals surface area contributed by atoms with Crippen LogP contribution in [0.25, 0.3) is 0 Å². The Balaban J connectivity index is 2.24. The number of ether oxygens (including phenoxy) is 1. The molecule has 0 bridgehead atoms. The first-order valence-corrected chi connectivity index (χ1v) is 7.04. The molecule has 1 N–H and O–H groups in total. The lowest BCUT2D eigenvalue weighted by Crippen LogP contribution is -2.34. The van der Waals surface area contributed by atoms with Crippen LogP contribution in [-0.2, 0) is 11.3 Å². The number of benzene rings is 1. The van der Waals surface area contributed by atoms with Gasteiger partial charge in [-0.1, -0.05) is 43.6 Å². The van der Waals surface area contributed by atoms with Crippen molar-refractivity contribution in [2.45, 2.75) is 26.6 Å². The van der Waals surface area contributed by atoms with E-state index in [-0.39, 0.29) is 0 Å². The highest BCUT2D eigenvalue weighted by Crippen LogP contribution is 2.15. The summed E-state index contributed by atoms with van der Waals surface area (Å²) in [5, 5.41) is 10.6. The van der Waals surface area contributed by atoms with Crippen LogP contribution in [0.4, 0.5) is 0 Å². The van der Waals surface area contributed by atoms with E-state index in [2.05, 4.69) is 18.7 Å². The van der Waals surface area contributed by atoms with E-state index in [0.29, 0.717) is 30.7 Å². The first-order chi connectivity index (χ1) is 8.99. The molecule has 0 aliphatic carbocycles. The lowest BCUT2D eigenvalue weighted by atomic mass is 10.2. The average molecular weight is 286 g/mol. The molecule has 0 saturated heterocycles. The number of aliphatic hydroxyl groups is 1. The van der Waals surface area contributed by atoms with Crippen molar-refractivity contribution in [1.82, 2.24) is 4.90 Å². The highest BCUT2D eigenvalue weighted by Gasteiger charge is 2.10. The van der Waals surface area contributed by atoms with Crippen molar-refractivity contribution < 1.29 is 9.84 Å². The van der Waals surface area contributed by atoms with E-state index >= 15 is 0 Å². The average Bonchev–Trinajstić information content (AvgIpc) is 2.30. The lowest BCUT2D eigenvalue weighted by molar-refractivity contribution is 0.0124. The van der Waals surface area contributed by atoms with E-state index in [0.717, 1.165) is 12.1 Å². The quantitative estimate of drug-likeness (QED) is 0.797. The van der Waals surface area contributed by atoms with Gasteiger partial charge in [-0.2, -0.15) is 0 Å². The SMILES string of the molecule is CC(C)CN(C)CC(O)COCc1ccccc1Cl. The summed E-state index contributed by atoms with van der Waals surface area (Å²) in [4.78, 5) is 2.12. The van der Waals surface area contributed by atoms with Gasteiger partial charge in [-0.05, 0) is 24.6 Å². The van der Waals surface area contributed by atoms with Gasteiger partial charge in [0.2, 0.25) is 0 Å². The molecule has 0 radical (unpaired) electrons. The Morgan fingerprint density at radius 3 is 2.58 bits per heavy atom. The van der Waals surface area contributed by atoms with Gasteiger partial charge in [0.15, 0.2) is 0 Å². The molecule has 1 atom stereocenters. The number of likely N-dealkylation sites (N-methyl/N-ethyl adjacent to an activating group) is 1. The van der Waals surface area contributed by atoms with Crippen molar-refractivity contribution in [3.05, 3.63) is 34.9 Å². The predicted octanol–water partition coefficient (Wildman–Crippen LogP) is 2.81. The van der Waals surface area contributed by atoms with E-state index < -0.39 is 6.10 Å². The molecule has 0 aliphatic heterocycles. The molecular formula is C15H24ClNO2. The van der Waals surface area contributed by atoms with Gasteiger partial charge in [0, 0.05) is 18.1 Å². The molecule has 1 aromatic carbocycles. The predicted molar refractivity (Wildman–Crippen MR) is 79.4 cm³/mol. The van der Waals surface area contributed by atoms with Gasteiger partial charge < -0.3 is 14.7 Å². The maximum Gasteiger partial charge on any atom is 0.0900 e. The zero-order chi connectivity index (χ0) is 14.3. The van der Waals surface area contributed by atoms with Gasteiger partial charge in [-0.3, -0.25) is 0 Å². The molecule has 0 fully saturated rings. The first-order valence-electron chi connectivity index (χ1n) is 6.66. The molecule has 1 aromatic rings. The zero-order valence-electron chi connectivity index (χ0n) is 12.0. The summed E-state index contributed by atoms with van der Waals surface area (Å²) in [6.07, 6.45) is -0.466. The second-order valence-corrected chi connectivity index (χ2v) is 5.78. The van der Waals surface area contributed by atoms with E-state index in [1.165, 1.54) is 0 Å². The van der Waals surface area contributed by atoms with Gasteiger partial charge in [0.1, 0.15) is 0 Å². The van der Waals surface area contributed by atoms with Gasteiger partial charge in [-0.25, -0.2) is 0 Å². The molecule has 0 aliphatic rings. The van der Waals surface area contributed by atoms with E-state index in [9.17, 15) is 5.11 Å². The molecular weight excluding hydrogens is 262 g/mol. The smallest absolute Gasteiger partial charge is 0.0900 e. The molecule has 0 saturated carbocycles. The Hall–Kier alpha value is -0.610. The minimum absolute atomic E-state index is 0.327. The number of halogens is 1. The largest absolute Gasteiger partial charge is 0.389 e. The van der Waals surface area contributed by atoms with Crippen molar-refractivity contribution in [3.8, 4) is 0 Å². The highest BCUT2D eigenvalue weighted by atomic mass is 35.5. The van der Waals surface area contributed by atoms with Gasteiger partial charge in [-0.15, -0.1) is 0 Å². The standard InChI is InChI=1S/C15H24ClNO2/c1-12(2)8-17(3)9-14(18)11-19-10-13-6-4-5-7-15(13)16/h4-7,12,14,18H,8-11H2,1-3H3. The van der Waals surface area contributed by atoms with Crippen LogP contribution in [0.2, 0.25) is 5.02 Å². The fourth-order valence-electron chi connectivity index (χ4n) is 2.03. The third-order valence-corrected chi connectivity index (χ3v) is 3.09. The molecule has 1 rings (SSSR count). The number of hydrogen-bond acceptors (Lipinski definition) is 3. The second-order valence-electron chi connectivity index (χ2n) is 5.38. The topological polar surface area (TPSA) is 32.7 Å². The minimum atomic E-state index is -0.466. The van der Waals surface area contributed by atoms with E-state index in [1.807, 2.05) is 31.3 Å². The van der Waals surface area contributed by atoms with E-state index in [4.69, 9.17) is 16.3 Å². The zero-order valence-corrected chi connectivity index (χ0v) is 12.7. The molecule has 108 valence electrons. The Kier molecular flexibility index (Phi) is 7.39. The molecule has 0 heterocycles. The Labute approximate surface area is 121 Å². The molecule has 0 amide bonds. The molecule has 4 heteroatoms. The van der Waals surface area contributed by atoms with Gasteiger partial charge in [0.05, 0.1) is 19.3 Å². The van der Waals surface area contributed by atoms with Crippen LogP contribution in [0, 0.1) is 5.92 Å². The van der Waals surface area contributed by atoms with E-state index in [1.54, 1.807) is 0 Å². The van der Waals surface area contributed by atoms with Crippen molar-refractivity contribution in [2.75, 3.05) is 26.7 Å². The summed E-state index contributed by atoms with van der Waals surface area (Å²) in [5.74, 6) is 0.598. The Morgan fingerprint density at radius 1 is 1.26 bits per heavy atom. The molecule has 3 nitrogen and oxygen atoms in total. The highest BCUT2D eigenvalue weighted by molar-refractivity contribution is 6.31. The Morgan fingerprint density at radius 2 is 1.95 bits per heavy atom. The van der Waals surface area contributed by atoms with Crippen molar-refractivity contribution in [3.63, 3.8) is 0 Å². The van der Waals surface area contributed by atoms with Crippen LogP contribution < -0.4 is 0 Å². The summed E-state index contributed by atoms with van der Waals surface area (Å²) in [6.45, 7) is 6.69. The number of aliphatic hydroxyl groups excluding tert-OH is 1. The van der Waals surface area contributed by atoms with Crippen molar-refractivity contribution >= 4 is 11.6 Å². The molecule has 0 aromatic heterocycles. The minimum Gasteiger partial charge on any atom is -0.389 e. The lowest BCUT2D eigenvalue weighted by Gasteiger charge is -2.22. The third-order valence-electron chi connectivity index (χ3n) is 2.72. The van der Waals surface area contributed by atoms with Crippen LogP contribution in [-0.4, -0.2) is 42.9 Å². The molecule has 1 unspecified atom stereocenters. The number of rotatable bonds is 8.